The molecule has 1 saturated heterocycles. The highest BCUT2D eigenvalue weighted by Crippen LogP contribution is 2.34. The lowest BCUT2D eigenvalue weighted by Gasteiger charge is -2.34. The number of nitrogens with zero attached hydrogens (tertiary/aromatic N) is 3. The summed E-state index contributed by atoms with van der Waals surface area (Å²) in [4.78, 5) is 30.3. The summed E-state index contributed by atoms with van der Waals surface area (Å²) in [6, 6.07) is 9.58. The number of amides is 2. The molecule has 0 radical (unpaired) electrons. The van der Waals surface area contributed by atoms with E-state index in [-0.39, 0.29) is 23.9 Å². The van der Waals surface area contributed by atoms with Crippen LogP contribution in [0.5, 0.6) is 0 Å². The van der Waals surface area contributed by atoms with Crippen LogP contribution in [-0.4, -0.2) is 78.5 Å². The van der Waals surface area contributed by atoms with Crippen LogP contribution in [0.4, 0.5) is 0 Å². The Morgan fingerprint density at radius 2 is 2.00 bits per heavy atom. The summed E-state index contributed by atoms with van der Waals surface area (Å²) < 4.78 is 2.07. The number of rotatable bonds is 7. The van der Waals surface area contributed by atoms with Gasteiger partial charge in [-0.05, 0) is 44.2 Å². The van der Waals surface area contributed by atoms with Gasteiger partial charge >= 0.3 is 0 Å². The second kappa shape index (κ2) is 10.3. The Hall–Kier alpha value is -2.35. The third-order valence-corrected chi connectivity index (χ3v) is 6.90. The lowest BCUT2D eigenvalue weighted by atomic mass is 10.0. The van der Waals surface area contributed by atoms with Crippen molar-refractivity contribution < 1.29 is 9.59 Å². The lowest BCUT2D eigenvalue weighted by Crippen LogP contribution is -2.50. The average Bonchev–Trinajstić information content (AvgIpc) is 3.18. The highest BCUT2D eigenvalue weighted by molar-refractivity contribution is 6.30. The van der Waals surface area contributed by atoms with Gasteiger partial charge in [0.15, 0.2) is 0 Å². The third-order valence-electron chi connectivity index (χ3n) is 6.67. The molecule has 2 N–H and O–H groups in total. The molecule has 1 aromatic carbocycles. The molecule has 2 aliphatic heterocycles. The Bertz CT molecular complexity index is 1010. The molecule has 1 fully saturated rings. The van der Waals surface area contributed by atoms with E-state index in [1.165, 1.54) is 0 Å². The standard InChI is InChI=1S/C25H34ClN5O2/c1-4-22-21(18-6-5-7-19(26)12-18)14-23-25(33)27-15-20(31(22)23)13-24(32)28-17(2)16-30-10-8-29(3)9-11-30/h5-7,12,14,17,20H,4,8-11,13,15-16H2,1-3H3,(H,27,33)(H,28,32). The van der Waals surface area contributed by atoms with E-state index in [9.17, 15) is 9.59 Å². The van der Waals surface area contributed by atoms with E-state index in [2.05, 4.69) is 45.9 Å². The van der Waals surface area contributed by atoms with Crippen molar-refractivity contribution in [3.63, 3.8) is 0 Å². The Morgan fingerprint density at radius 1 is 1.24 bits per heavy atom. The number of piperazine rings is 1. The molecule has 1 aromatic heterocycles. The third kappa shape index (κ3) is 5.42. The highest BCUT2D eigenvalue weighted by Gasteiger charge is 2.31. The van der Waals surface area contributed by atoms with Gasteiger partial charge in [-0.25, -0.2) is 0 Å². The summed E-state index contributed by atoms with van der Waals surface area (Å²) in [5.74, 6) is -0.0816. The largest absolute Gasteiger partial charge is 0.352 e. The van der Waals surface area contributed by atoms with Crippen molar-refractivity contribution in [1.29, 1.82) is 0 Å². The summed E-state index contributed by atoms with van der Waals surface area (Å²) in [6.07, 6.45) is 1.09. The molecular formula is C25H34ClN5O2. The van der Waals surface area contributed by atoms with Crippen LogP contribution in [0.15, 0.2) is 30.3 Å². The van der Waals surface area contributed by atoms with Crippen molar-refractivity contribution in [2.45, 2.75) is 38.8 Å². The first kappa shape index (κ1) is 23.8. The molecule has 4 rings (SSSR count). The van der Waals surface area contributed by atoms with Crippen LogP contribution in [0, 0.1) is 0 Å². The molecule has 33 heavy (non-hydrogen) atoms. The van der Waals surface area contributed by atoms with Crippen LogP contribution in [0.25, 0.3) is 11.1 Å². The number of benzene rings is 1. The zero-order chi connectivity index (χ0) is 23.5. The maximum atomic E-state index is 12.9. The molecule has 0 spiro atoms. The van der Waals surface area contributed by atoms with E-state index in [1.54, 1.807) is 0 Å². The van der Waals surface area contributed by atoms with E-state index in [0.29, 0.717) is 23.7 Å². The first-order valence-corrected chi connectivity index (χ1v) is 12.2. The number of likely N-dealkylation sites (N-methyl/N-ethyl adjacent to an activating group) is 1. The van der Waals surface area contributed by atoms with E-state index in [1.807, 2.05) is 30.3 Å². The van der Waals surface area contributed by atoms with Crippen molar-refractivity contribution in [2.24, 2.45) is 0 Å². The van der Waals surface area contributed by atoms with E-state index < -0.39 is 0 Å². The van der Waals surface area contributed by atoms with Crippen LogP contribution in [-0.2, 0) is 11.2 Å². The molecule has 2 aromatic rings. The number of hydrogen-bond acceptors (Lipinski definition) is 4. The van der Waals surface area contributed by atoms with Gasteiger partial charge in [0.2, 0.25) is 5.91 Å². The molecule has 2 amide bonds. The second-order valence-corrected chi connectivity index (χ2v) is 9.70. The minimum Gasteiger partial charge on any atom is -0.352 e. The molecule has 178 valence electrons. The highest BCUT2D eigenvalue weighted by atomic mass is 35.5. The molecule has 2 unspecified atom stereocenters. The molecule has 0 bridgehead atoms. The fourth-order valence-corrected chi connectivity index (χ4v) is 5.18. The van der Waals surface area contributed by atoms with E-state index >= 15 is 0 Å². The van der Waals surface area contributed by atoms with Gasteiger partial charge < -0.3 is 20.1 Å². The minimum atomic E-state index is -0.114. The van der Waals surface area contributed by atoms with Crippen LogP contribution in [0.3, 0.4) is 0 Å². The van der Waals surface area contributed by atoms with Crippen molar-refractivity contribution in [2.75, 3.05) is 46.3 Å². The van der Waals surface area contributed by atoms with Crippen LogP contribution < -0.4 is 10.6 Å². The Morgan fingerprint density at radius 3 is 2.70 bits per heavy atom. The van der Waals surface area contributed by atoms with Crippen molar-refractivity contribution >= 4 is 23.4 Å². The number of nitrogens with one attached hydrogen (secondary N) is 2. The number of aromatic nitrogens is 1. The maximum absolute atomic E-state index is 12.9. The molecule has 3 heterocycles. The number of carbonyl (C=O) groups is 2. The molecular weight excluding hydrogens is 438 g/mol. The molecule has 7 nitrogen and oxygen atoms in total. The van der Waals surface area contributed by atoms with Gasteiger partial charge in [0.05, 0.1) is 6.04 Å². The zero-order valence-corrected chi connectivity index (χ0v) is 20.5. The molecule has 0 aliphatic carbocycles. The summed E-state index contributed by atoms with van der Waals surface area (Å²) in [6.45, 7) is 9.64. The number of halogens is 1. The fraction of sp³-hybridized carbons (Fsp3) is 0.520. The lowest BCUT2D eigenvalue weighted by molar-refractivity contribution is -0.122. The zero-order valence-electron chi connectivity index (χ0n) is 19.7. The van der Waals surface area contributed by atoms with E-state index in [0.717, 1.165) is 56.0 Å². The number of hydrogen-bond donors (Lipinski definition) is 2. The minimum absolute atomic E-state index is 0.0174. The average molecular weight is 472 g/mol. The molecule has 0 saturated carbocycles. The summed E-state index contributed by atoms with van der Waals surface area (Å²) in [7, 11) is 2.14. The molecule has 8 heteroatoms. The molecule has 2 aliphatic rings. The Kier molecular flexibility index (Phi) is 7.41. The second-order valence-electron chi connectivity index (χ2n) is 9.26. The van der Waals surface area contributed by atoms with Crippen LogP contribution >= 0.6 is 11.6 Å². The first-order chi connectivity index (χ1) is 15.9. The van der Waals surface area contributed by atoms with Crippen molar-refractivity contribution in [1.82, 2.24) is 25.0 Å². The van der Waals surface area contributed by atoms with Gasteiger partial charge in [0, 0.05) is 68.0 Å². The van der Waals surface area contributed by atoms with Crippen LogP contribution in [0.2, 0.25) is 5.02 Å². The predicted molar refractivity (Wildman–Crippen MR) is 132 cm³/mol. The molecule has 2 atom stereocenters. The number of carbonyl (C=O) groups excluding carboxylic acids is 2. The SMILES string of the molecule is CCc1c(-c2cccc(Cl)c2)cc2n1C(CC(=O)NC(C)CN1CCN(C)CC1)CNC2=O. The fourth-order valence-electron chi connectivity index (χ4n) is 4.99. The van der Waals surface area contributed by atoms with Crippen LogP contribution in [0.1, 0.15) is 42.5 Å². The van der Waals surface area contributed by atoms with Gasteiger partial charge in [-0.2, -0.15) is 0 Å². The van der Waals surface area contributed by atoms with Gasteiger partial charge in [0.25, 0.3) is 5.91 Å². The van der Waals surface area contributed by atoms with Gasteiger partial charge in [-0.3, -0.25) is 14.5 Å². The topological polar surface area (TPSA) is 69.6 Å². The van der Waals surface area contributed by atoms with E-state index in [4.69, 9.17) is 11.6 Å². The quantitative estimate of drug-likeness (QED) is 0.651. The number of fused-ring (bicyclic) bond motifs is 1. The Balaban J connectivity index is 1.48. The summed E-state index contributed by atoms with van der Waals surface area (Å²) in [5.41, 5.74) is 3.65. The normalized spacial score (nSPS) is 20.2. The Labute approximate surface area is 201 Å². The smallest absolute Gasteiger partial charge is 0.268 e. The van der Waals surface area contributed by atoms with Gasteiger partial charge in [-0.1, -0.05) is 30.7 Å². The van der Waals surface area contributed by atoms with Crippen molar-refractivity contribution in [3.05, 3.63) is 46.7 Å². The summed E-state index contributed by atoms with van der Waals surface area (Å²) in [5, 5.41) is 6.80. The van der Waals surface area contributed by atoms with Gasteiger partial charge in [0.1, 0.15) is 5.69 Å². The summed E-state index contributed by atoms with van der Waals surface area (Å²) >= 11 is 6.22. The monoisotopic (exact) mass is 471 g/mol. The van der Waals surface area contributed by atoms with Gasteiger partial charge in [-0.15, -0.1) is 0 Å². The van der Waals surface area contributed by atoms with Crippen molar-refractivity contribution in [3.8, 4) is 11.1 Å². The predicted octanol–water partition coefficient (Wildman–Crippen LogP) is 2.80. The first-order valence-electron chi connectivity index (χ1n) is 11.8. The maximum Gasteiger partial charge on any atom is 0.268 e.